The maximum Gasteiger partial charge on any atom is 0.0979 e. The summed E-state index contributed by atoms with van der Waals surface area (Å²) in [6.45, 7) is 5.17. The molecule has 0 atom stereocenters. The molecule has 0 rings (SSSR count). The predicted octanol–water partition coefficient (Wildman–Crippen LogP) is 0.350. The van der Waals surface area contributed by atoms with Crippen molar-refractivity contribution in [1.29, 1.82) is 0 Å². The van der Waals surface area contributed by atoms with Crippen LogP contribution in [0.3, 0.4) is 0 Å². The number of hydrogen-bond donors (Lipinski definition) is 2. The molecule has 0 aromatic carbocycles. The molecule has 50 valence electrons. The Bertz CT molecular complexity index is 152. The van der Waals surface area contributed by atoms with Crippen LogP contribution in [0.4, 0.5) is 0 Å². The summed E-state index contributed by atoms with van der Waals surface area (Å²) in [4.78, 5) is 3.71. The Morgan fingerprint density at radius 1 is 1.56 bits per heavy atom. The highest BCUT2D eigenvalue weighted by Crippen LogP contribution is 1.86. The van der Waals surface area contributed by atoms with E-state index in [0.717, 1.165) is 5.57 Å². The lowest BCUT2D eigenvalue weighted by atomic mass is 10.3. The lowest BCUT2D eigenvalue weighted by molar-refractivity contribution is 1.21. The van der Waals surface area contributed by atoms with Crippen LogP contribution in [0.1, 0.15) is 6.92 Å². The van der Waals surface area contributed by atoms with Crippen LogP contribution < -0.4 is 11.5 Å². The van der Waals surface area contributed by atoms with Crippen LogP contribution in [0.25, 0.3) is 0 Å². The van der Waals surface area contributed by atoms with Gasteiger partial charge in [-0.25, -0.2) is 0 Å². The fourth-order valence-electron chi connectivity index (χ4n) is 0.239. The van der Waals surface area contributed by atoms with Crippen molar-refractivity contribution in [3.05, 3.63) is 24.2 Å². The number of nitrogens with zero attached hydrogens (tertiary/aromatic N) is 1. The van der Waals surface area contributed by atoms with E-state index in [1.54, 1.807) is 13.1 Å². The van der Waals surface area contributed by atoms with Crippen molar-refractivity contribution in [3.8, 4) is 0 Å². The van der Waals surface area contributed by atoms with E-state index in [9.17, 15) is 0 Å². The van der Waals surface area contributed by atoms with Gasteiger partial charge in [0, 0.05) is 18.0 Å². The summed E-state index contributed by atoms with van der Waals surface area (Å²) in [5.74, 6) is 0.292. The number of nitrogens with two attached hydrogens (primary N) is 2. The van der Waals surface area contributed by atoms with Crippen molar-refractivity contribution < 1.29 is 0 Å². The number of allylic oxidation sites excluding steroid dienone is 1. The molecule has 0 spiro atoms. The molecule has 0 aliphatic heterocycles. The third-order valence-corrected chi connectivity index (χ3v) is 0.829. The van der Waals surface area contributed by atoms with Crippen LogP contribution in [0.15, 0.2) is 29.2 Å². The van der Waals surface area contributed by atoms with Gasteiger partial charge in [0.05, 0.1) is 5.82 Å². The molecular formula is C6H11N3. The summed E-state index contributed by atoms with van der Waals surface area (Å²) < 4.78 is 0. The van der Waals surface area contributed by atoms with Crippen molar-refractivity contribution in [2.24, 2.45) is 16.5 Å². The fourth-order valence-corrected chi connectivity index (χ4v) is 0.239. The molecule has 0 aromatic heterocycles. The smallest absolute Gasteiger partial charge is 0.0979 e. The van der Waals surface area contributed by atoms with Crippen LogP contribution in [0, 0.1) is 0 Å². The maximum absolute atomic E-state index is 5.21. The minimum atomic E-state index is 0.292. The van der Waals surface area contributed by atoms with E-state index in [-0.39, 0.29) is 0 Å². The lowest BCUT2D eigenvalue weighted by Gasteiger charge is -1.91. The second kappa shape index (κ2) is 3.72. The van der Waals surface area contributed by atoms with E-state index in [1.165, 1.54) is 6.20 Å². The SMILES string of the molecule is C=C/N=C\C(C)=C(N)N. The molecule has 3 nitrogen and oxygen atoms in total. The highest BCUT2D eigenvalue weighted by Gasteiger charge is 1.84. The molecule has 3 heteroatoms. The lowest BCUT2D eigenvalue weighted by Crippen LogP contribution is -2.11. The molecule has 0 unspecified atom stereocenters. The van der Waals surface area contributed by atoms with Crippen LogP contribution in [-0.2, 0) is 0 Å². The Morgan fingerprint density at radius 2 is 2.11 bits per heavy atom. The molecule has 0 heterocycles. The molecule has 0 aliphatic rings. The van der Waals surface area contributed by atoms with Gasteiger partial charge < -0.3 is 11.5 Å². The zero-order valence-electron chi connectivity index (χ0n) is 5.46. The molecule has 9 heavy (non-hydrogen) atoms. The van der Waals surface area contributed by atoms with E-state index >= 15 is 0 Å². The first-order valence-electron chi connectivity index (χ1n) is 2.54. The molecule has 0 aromatic rings. The number of aliphatic imine (C=N–C) groups is 1. The first kappa shape index (κ1) is 7.75. The quantitative estimate of drug-likeness (QED) is 0.523. The first-order valence-corrected chi connectivity index (χ1v) is 2.54. The molecule has 0 saturated carbocycles. The van der Waals surface area contributed by atoms with Gasteiger partial charge in [0.15, 0.2) is 0 Å². The van der Waals surface area contributed by atoms with Gasteiger partial charge in [-0.15, -0.1) is 0 Å². The standard InChI is InChI=1S/C6H11N3/c1-3-9-4-5(2)6(7)8/h3-4H,1,7-8H2,2H3/b9-4-. The van der Waals surface area contributed by atoms with Crippen molar-refractivity contribution >= 4 is 6.21 Å². The molecule has 0 bridgehead atoms. The maximum atomic E-state index is 5.21. The summed E-state index contributed by atoms with van der Waals surface area (Å²) in [6.07, 6.45) is 2.98. The summed E-state index contributed by atoms with van der Waals surface area (Å²) in [5.41, 5.74) is 11.2. The van der Waals surface area contributed by atoms with Gasteiger partial charge >= 0.3 is 0 Å². The topological polar surface area (TPSA) is 64.4 Å². The van der Waals surface area contributed by atoms with Gasteiger partial charge in [0.25, 0.3) is 0 Å². The Kier molecular flexibility index (Phi) is 3.20. The largest absolute Gasteiger partial charge is 0.385 e. The Hall–Kier alpha value is -1.25. The predicted molar refractivity (Wildman–Crippen MR) is 39.8 cm³/mol. The summed E-state index contributed by atoms with van der Waals surface area (Å²) in [6, 6.07) is 0. The van der Waals surface area contributed by atoms with Crippen LogP contribution in [0.5, 0.6) is 0 Å². The second-order valence-corrected chi connectivity index (χ2v) is 1.60. The number of rotatable bonds is 2. The number of hydrogen-bond acceptors (Lipinski definition) is 3. The van der Waals surface area contributed by atoms with E-state index < -0.39 is 0 Å². The van der Waals surface area contributed by atoms with E-state index in [1.807, 2.05) is 0 Å². The minimum Gasteiger partial charge on any atom is -0.385 e. The van der Waals surface area contributed by atoms with Crippen molar-refractivity contribution in [2.75, 3.05) is 0 Å². The molecule has 0 fully saturated rings. The molecule has 0 saturated heterocycles. The van der Waals surface area contributed by atoms with Crippen LogP contribution in [0.2, 0.25) is 0 Å². The molecule has 0 amide bonds. The van der Waals surface area contributed by atoms with E-state index in [2.05, 4.69) is 11.6 Å². The summed E-state index contributed by atoms with van der Waals surface area (Å²) in [7, 11) is 0. The molecular weight excluding hydrogens is 114 g/mol. The highest BCUT2D eigenvalue weighted by atomic mass is 14.8. The van der Waals surface area contributed by atoms with Gasteiger partial charge in [-0.3, -0.25) is 4.99 Å². The second-order valence-electron chi connectivity index (χ2n) is 1.60. The summed E-state index contributed by atoms with van der Waals surface area (Å²) >= 11 is 0. The average molecular weight is 125 g/mol. The first-order chi connectivity index (χ1) is 4.18. The normalized spacial score (nSPS) is 9.44. The average Bonchev–Trinajstić information content (AvgIpc) is 1.82. The molecule has 4 N–H and O–H groups in total. The van der Waals surface area contributed by atoms with E-state index in [4.69, 9.17) is 11.5 Å². The third-order valence-electron chi connectivity index (χ3n) is 0.829. The van der Waals surface area contributed by atoms with Gasteiger partial charge in [-0.05, 0) is 6.92 Å². The van der Waals surface area contributed by atoms with Gasteiger partial charge in [-0.2, -0.15) is 0 Å². The minimum absolute atomic E-state index is 0.292. The van der Waals surface area contributed by atoms with Crippen molar-refractivity contribution in [1.82, 2.24) is 0 Å². The molecule has 0 radical (unpaired) electrons. The zero-order chi connectivity index (χ0) is 7.28. The highest BCUT2D eigenvalue weighted by molar-refractivity contribution is 5.78. The Morgan fingerprint density at radius 3 is 2.44 bits per heavy atom. The Balaban J connectivity index is 4.06. The third kappa shape index (κ3) is 3.34. The monoisotopic (exact) mass is 125 g/mol. The van der Waals surface area contributed by atoms with E-state index in [0.29, 0.717) is 5.82 Å². The van der Waals surface area contributed by atoms with Crippen LogP contribution in [-0.4, -0.2) is 6.21 Å². The van der Waals surface area contributed by atoms with Crippen LogP contribution >= 0.6 is 0 Å². The fraction of sp³-hybridized carbons (Fsp3) is 0.167. The van der Waals surface area contributed by atoms with Gasteiger partial charge in [0.2, 0.25) is 0 Å². The van der Waals surface area contributed by atoms with Crippen molar-refractivity contribution in [3.63, 3.8) is 0 Å². The molecule has 0 aliphatic carbocycles. The Labute approximate surface area is 54.8 Å². The van der Waals surface area contributed by atoms with Crippen molar-refractivity contribution in [2.45, 2.75) is 6.92 Å². The summed E-state index contributed by atoms with van der Waals surface area (Å²) in [5, 5.41) is 0. The van der Waals surface area contributed by atoms with Gasteiger partial charge in [0.1, 0.15) is 0 Å². The van der Waals surface area contributed by atoms with Gasteiger partial charge in [-0.1, -0.05) is 6.58 Å². The zero-order valence-corrected chi connectivity index (χ0v) is 5.46.